The summed E-state index contributed by atoms with van der Waals surface area (Å²) in [6.45, 7) is 0.0742. The average molecular weight is 403 g/mol. The van der Waals surface area contributed by atoms with Crippen LogP contribution in [0.15, 0.2) is 88.1 Å². The Kier molecular flexibility index (Phi) is 5.57. The third-order valence-corrected chi connectivity index (χ3v) is 4.57. The van der Waals surface area contributed by atoms with E-state index in [0.29, 0.717) is 11.3 Å². The van der Waals surface area contributed by atoms with Crippen LogP contribution in [-0.4, -0.2) is 12.5 Å². The van der Waals surface area contributed by atoms with Crippen molar-refractivity contribution in [2.75, 3.05) is 6.61 Å². The molecule has 5 nitrogen and oxygen atoms in total. The largest absolute Gasteiger partial charge is 0.484 e. The Labute approximate surface area is 171 Å². The first-order chi connectivity index (χ1) is 14.6. The lowest BCUT2D eigenvalue weighted by Crippen LogP contribution is -2.28. The van der Waals surface area contributed by atoms with Gasteiger partial charge in [-0.25, -0.2) is 9.18 Å². The number of hydrogen-bond acceptors (Lipinski definition) is 4. The molecule has 0 spiro atoms. The maximum atomic E-state index is 12.9. The highest BCUT2D eigenvalue weighted by Gasteiger charge is 2.10. The molecule has 0 saturated heterocycles. The molecule has 0 unspecified atom stereocenters. The standard InChI is InChI=1S/C24H18FNO4/c25-18-8-6-16(7-9-18)14-26-23(27)15-29-19-10-11-20-21(17-4-2-1-3-5-17)13-24(28)30-22(20)12-19/h1-13H,14-15H2,(H,26,27). The smallest absolute Gasteiger partial charge is 0.336 e. The van der Waals surface area contributed by atoms with Gasteiger partial charge in [-0.05, 0) is 41.0 Å². The van der Waals surface area contributed by atoms with Crippen LogP contribution in [0.2, 0.25) is 0 Å². The number of hydrogen-bond donors (Lipinski definition) is 1. The predicted molar refractivity (Wildman–Crippen MR) is 112 cm³/mol. The third kappa shape index (κ3) is 4.55. The van der Waals surface area contributed by atoms with E-state index in [2.05, 4.69) is 5.32 Å². The molecular weight excluding hydrogens is 385 g/mol. The van der Waals surface area contributed by atoms with E-state index < -0.39 is 5.63 Å². The number of rotatable bonds is 6. The first kappa shape index (κ1) is 19.4. The molecule has 1 aromatic heterocycles. The van der Waals surface area contributed by atoms with E-state index >= 15 is 0 Å². The minimum Gasteiger partial charge on any atom is -0.484 e. The Morgan fingerprint density at radius 2 is 1.73 bits per heavy atom. The van der Waals surface area contributed by atoms with Crippen LogP contribution >= 0.6 is 0 Å². The highest BCUT2D eigenvalue weighted by molar-refractivity contribution is 5.93. The van der Waals surface area contributed by atoms with E-state index in [4.69, 9.17) is 9.15 Å². The van der Waals surface area contributed by atoms with E-state index in [1.54, 1.807) is 30.3 Å². The van der Waals surface area contributed by atoms with Gasteiger partial charge in [0.25, 0.3) is 5.91 Å². The summed E-state index contributed by atoms with van der Waals surface area (Å²) in [4.78, 5) is 24.0. The Balaban J connectivity index is 1.45. The van der Waals surface area contributed by atoms with E-state index in [-0.39, 0.29) is 24.9 Å². The molecule has 0 atom stereocenters. The van der Waals surface area contributed by atoms with Gasteiger partial charge in [-0.15, -0.1) is 0 Å². The molecule has 0 aliphatic carbocycles. The van der Waals surface area contributed by atoms with E-state index in [9.17, 15) is 14.0 Å². The molecule has 1 heterocycles. The third-order valence-electron chi connectivity index (χ3n) is 4.57. The summed E-state index contributed by atoms with van der Waals surface area (Å²) in [6.07, 6.45) is 0. The van der Waals surface area contributed by atoms with E-state index in [0.717, 1.165) is 22.1 Å². The SMILES string of the molecule is O=C(COc1ccc2c(-c3ccccc3)cc(=O)oc2c1)NCc1ccc(F)cc1. The molecule has 0 bridgehead atoms. The Bertz CT molecular complexity index is 1230. The molecular formula is C24H18FNO4. The van der Waals surface area contributed by atoms with Gasteiger partial charge in [0, 0.05) is 24.1 Å². The fourth-order valence-electron chi connectivity index (χ4n) is 3.09. The Hall–Kier alpha value is -3.93. The van der Waals surface area contributed by atoms with Crippen molar-refractivity contribution < 1.29 is 18.3 Å². The van der Waals surface area contributed by atoms with Crippen LogP contribution in [0.4, 0.5) is 4.39 Å². The lowest BCUT2D eigenvalue weighted by Gasteiger charge is -2.10. The zero-order valence-electron chi connectivity index (χ0n) is 15.9. The van der Waals surface area contributed by atoms with Gasteiger partial charge in [0.05, 0.1) is 0 Å². The zero-order chi connectivity index (χ0) is 20.9. The molecule has 3 aromatic carbocycles. The normalized spacial score (nSPS) is 10.7. The second-order valence-electron chi connectivity index (χ2n) is 6.69. The fourth-order valence-corrected chi connectivity index (χ4v) is 3.09. The first-order valence-electron chi connectivity index (χ1n) is 9.36. The molecule has 1 amide bonds. The highest BCUT2D eigenvalue weighted by Crippen LogP contribution is 2.29. The van der Waals surface area contributed by atoms with Crippen molar-refractivity contribution in [1.29, 1.82) is 0 Å². The minimum atomic E-state index is -0.462. The number of nitrogens with one attached hydrogen (secondary N) is 1. The van der Waals surface area contributed by atoms with Gasteiger partial charge in [0.1, 0.15) is 17.1 Å². The van der Waals surface area contributed by atoms with Crippen molar-refractivity contribution in [2.24, 2.45) is 0 Å². The molecule has 6 heteroatoms. The van der Waals surface area contributed by atoms with Gasteiger partial charge >= 0.3 is 5.63 Å². The monoisotopic (exact) mass is 403 g/mol. The van der Waals surface area contributed by atoms with Gasteiger partial charge in [-0.3, -0.25) is 4.79 Å². The van der Waals surface area contributed by atoms with Gasteiger partial charge in [0.15, 0.2) is 6.61 Å². The second kappa shape index (κ2) is 8.61. The van der Waals surface area contributed by atoms with Crippen molar-refractivity contribution >= 4 is 16.9 Å². The van der Waals surface area contributed by atoms with Crippen LogP contribution in [0.25, 0.3) is 22.1 Å². The summed E-state index contributed by atoms with van der Waals surface area (Å²) in [6, 6.07) is 22.0. The number of ether oxygens (including phenoxy) is 1. The molecule has 30 heavy (non-hydrogen) atoms. The number of halogens is 1. The van der Waals surface area contributed by atoms with E-state index in [1.807, 2.05) is 30.3 Å². The molecule has 0 aliphatic heterocycles. The van der Waals surface area contributed by atoms with Crippen LogP contribution in [0, 0.1) is 5.82 Å². The molecule has 1 N–H and O–H groups in total. The molecule has 0 aliphatic rings. The topological polar surface area (TPSA) is 68.5 Å². The number of carbonyl (C=O) groups excluding carboxylic acids is 1. The number of amides is 1. The van der Waals surface area contributed by atoms with Crippen LogP contribution in [0.5, 0.6) is 5.75 Å². The predicted octanol–water partition coefficient (Wildman–Crippen LogP) is 4.29. The lowest BCUT2D eigenvalue weighted by molar-refractivity contribution is -0.123. The number of carbonyl (C=O) groups is 1. The summed E-state index contributed by atoms with van der Waals surface area (Å²) in [5.74, 6) is -0.238. The van der Waals surface area contributed by atoms with Crippen molar-refractivity contribution in [3.63, 3.8) is 0 Å². The zero-order valence-corrected chi connectivity index (χ0v) is 15.9. The van der Waals surface area contributed by atoms with Crippen LogP contribution in [0.1, 0.15) is 5.56 Å². The van der Waals surface area contributed by atoms with Gasteiger partial charge < -0.3 is 14.5 Å². The van der Waals surface area contributed by atoms with Crippen molar-refractivity contribution in [2.45, 2.75) is 6.54 Å². The van der Waals surface area contributed by atoms with Crippen LogP contribution in [-0.2, 0) is 11.3 Å². The maximum absolute atomic E-state index is 12.9. The Morgan fingerprint density at radius 3 is 2.50 bits per heavy atom. The fraction of sp³-hybridized carbons (Fsp3) is 0.0833. The summed E-state index contributed by atoms with van der Waals surface area (Å²) >= 11 is 0. The van der Waals surface area contributed by atoms with Gasteiger partial charge in [-0.1, -0.05) is 42.5 Å². The summed E-state index contributed by atoms with van der Waals surface area (Å²) in [5, 5.41) is 3.48. The van der Waals surface area contributed by atoms with Crippen LogP contribution < -0.4 is 15.7 Å². The van der Waals surface area contributed by atoms with Gasteiger partial charge in [-0.2, -0.15) is 0 Å². The summed E-state index contributed by atoms with van der Waals surface area (Å²) in [7, 11) is 0. The summed E-state index contributed by atoms with van der Waals surface area (Å²) in [5.41, 5.74) is 2.38. The maximum Gasteiger partial charge on any atom is 0.336 e. The molecule has 0 fully saturated rings. The quantitative estimate of drug-likeness (QED) is 0.488. The molecule has 4 aromatic rings. The minimum absolute atomic E-state index is 0.199. The number of benzene rings is 3. The molecule has 4 rings (SSSR count). The van der Waals surface area contributed by atoms with Crippen LogP contribution in [0.3, 0.4) is 0 Å². The van der Waals surface area contributed by atoms with Crippen molar-refractivity contribution in [3.05, 3.63) is 101 Å². The Morgan fingerprint density at radius 1 is 0.967 bits per heavy atom. The molecule has 0 radical (unpaired) electrons. The number of fused-ring (bicyclic) bond motifs is 1. The highest BCUT2D eigenvalue weighted by atomic mass is 19.1. The lowest BCUT2D eigenvalue weighted by atomic mass is 10.0. The first-order valence-corrected chi connectivity index (χ1v) is 9.36. The molecule has 0 saturated carbocycles. The van der Waals surface area contributed by atoms with E-state index in [1.165, 1.54) is 18.2 Å². The van der Waals surface area contributed by atoms with Gasteiger partial charge in [0.2, 0.25) is 0 Å². The summed E-state index contributed by atoms with van der Waals surface area (Å²) < 4.78 is 23.8. The molecule has 150 valence electrons. The average Bonchev–Trinajstić information content (AvgIpc) is 2.77. The van der Waals surface area contributed by atoms with Crippen molar-refractivity contribution in [1.82, 2.24) is 5.32 Å². The van der Waals surface area contributed by atoms with Crippen molar-refractivity contribution in [3.8, 4) is 16.9 Å². The second-order valence-corrected chi connectivity index (χ2v) is 6.69.